The first-order valence-corrected chi connectivity index (χ1v) is 16.1. The summed E-state index contributed by atoms with van der Waals surface area (Å²) in [4.78, 5) is 27.9. The molecule has 232 valence electrons. The molecule has 0 radical (unpaired) electrons. The average Bonchev–Trinajstić information content (AvgIpc) is 3.66. The van der Waals surface area contributed by atoms with Crippen LogP contribution in [-0.2, 0) is 11.2 Å². The molecule has 0 aliphatic carbocycles. The van der Waals surface area contributed by atoms with Crippen molar-refractivity contribution in [3.05, 3.63) is 83.0 Å². The number of imidazole rings is 1. The van der Waals surface area contributed by atoms with Gasteiger partial charge in [0.15, 0.2) is 0 Å². The molecule has 7 rings (SSSR count). The maximum Gasteiger partial charge on any atom is 0.236 e. The summed E-state index contributed by atoms with van der Waals surface area (Å²) >= 11 is 1.43. The van der Waals surface area contributed by atoms with Crippen molar-refractivity contribution in [2.75, 3.05) is 50.7 Å². The Balaban J connectivity index is 1.14. The van der Waals surface area contributed by atoms with Crippen LogP contribution in [0.3, 0.4) is 0 Å². The Kier molecular flexibility index (Phi) is 7.83. The highest BCUT2D eigenvalue weighted by atomic mass is 32.1. The van der Waals surface area contributed by atoms with Crippen LogP contribution in [0.4, 0.5) is 18.9 Å². The molecule has 5 aromatic rings. The highest BCUT2D eigenvalue weighted by molar-refractivity contribution is 7.13. The van der Waals surface area contributed by atoms with Gasteiger partial charge in [-0.15, -0.1) is 11.3 Å². The van der Waals surface area contributed by atoms with Crippen molar-refractivity contribution in [2.45, 2.75) is 26.4 Å². The van der Waals surface area contributed by atoms with Crippen molar-refractivity contribution >= 4 is 28.6 Å². The third kappa shape index (κ3) is 5.59. The van der Waals surface area contributed by atoms with Crippen LogP contribution in [0, 0.1) is 18.6 Å². The van der Waals surface area contributed by atoms with Gasteiger partial charge >= 0.3 is 0 Å². The van der Waals surface area contributed by atoms with E-state index in [1.165, 1.54) is 23.5 Å². The van der Waals surface area contributed by atoms with Gasteiger partial charge < -0.3 is 9.80 Å². The third-order valence-corrected chi connectivity index (χ3v) is 9.69. The Morgan fingerprint density at radius 2 is 1.69 bits per heavy atom. The van der Waals surface area contributed by atoms with Gasteiger partial charge in [-0.2, -0.15) is 0 Å². The molecule has 45 heavy (non-hydrogen) atoms. The number of aryl methyl sites for hydroxylation is 1. The molecule has 0 saturated carbocycles. The number of fused-ring (bicyclic) bond motifs is 1. The molecule has 0 atom stereocenters. The molecule has 3 aromatic heterocycles. The fourth-order valence-electron chi connectivity index (χ4n) is 6.14. The largest absolute Gasteiger partial charge is 0.368 e. The molecule has 0 spiro atoms. The molecule has 2 aliphatic heterocycles. The first-order valence-electron chi connectivity index (χ1n) is 15.2. The zero-order valence-corrected chi connectivity index (χ0v) is 26.0. The summed E-state index contributed by atoms with van der Waals surface area (Å²) in [6, 6.07) is 13.9. The zero-order valence-electron chi connectivity index (χ0n) is 25.1. The fraction of sp³-hybridized carbons (Fsp3) is 0.324. The van der Waals surface area contributed by atoms with E-state index in [9.17, 15) is 13.6 Å². The van der Waals surface area contributed by atoms with Crippen LogP contribution >= 0.6 is 11.3 Å². The first-order chi connectivity index (χ1) is 21.8. The number of piperazine rings is 1. The number of anilines is 1. The standard InChI is InChI=1S/C34H33F3N6OS/c1-3-28-33(27-10-9-26(21(2)32(27)37)34-39-29(20-45-34)22-4-6-23(35)7-5-22)43-18-25(8-11-30(43)38-28)41-14-12-40(13-15-41)19-31(44)42-16-24(36)17-42/h4-11,18,20,24H,3,12-17,19H2,1-2H3. The number of thiazole rings is 1. The summed E-state index contributed by atoms with van der Waals surface area (Å²) in [6.07, 6.45) is 1.78. The van der Waals surface area contributed by atoms with E-state index in [1.54, 1.807) is 24.0 Å². The van der Waals surface area contributed by atoms with Crippen LogP contribution in [0.1, 0.15) is 18.2 Å². The minimum Gasteiger partial charge on any atom is -0.368 e. The molecule has 5 heterocycles. The number of alkyl halides is 1. The van der Waals surface area contributed by atoms with Crippen LogP contribution < -0.4 is 4.90 Å². The number of amides is 1. The van der Waals surface area contributed by atoms with Gasteiger partial charge in [-0.25, -0.2) is 23.1 Å². The van der Waals surface area contributed by atoms with E-state index < -0.39 is 6.17 Å². The fourth-order valence-corrected chi connectivity index (χ4v) is 7.05. The van der Waals surface area contributed by atoms with Gasteiger partial charge in [-0.1, -0.05) is 13.0 Å². The SMILES string of the molecule is CCc1nc2ccc(N3CCN(CC(=O)N4CC(F)C4)CC3)cn2c1-c1ccc(-c2nc(-c3ccc(F)cc3)cs2)c(C)c1F. The van der Waals surface area contributed by atoms with Crippen LogP contribution in [-0.4, -0.2) is 82.1 Å². The molecular formula is C34H33F3N6OS. The normalized spacial score (nSPS) is 16.0. The van der Waals surface area contributed by atoms with Crippen molar-refractivity contribution < 1.29 is 18.0 Å². The van der Waals surface area contributed by atoms with E-state index in [-0.39, 0.29) is 30.6 Å². The van der Waals surface area contributed by atoms with Crippen molar-refractivity contribution in [1.29, 1.82) is 0 Å². The van der Waals surface area contributed by atoms with Crippen molar-refractivity contribution in [2.24, 2.45) is 0 Å². The lowest BCUT2D eigenvalue weighted by atomic mass is 10.0. The van der Waals surface area contributed by atoms with Gasteiger partial charge in [0.2, 0.25) is 5.91 Å². The number of carbonyl (C=O) groups excluding carboxylic acids is 1. The molecule has 2 aliphatic rings. The van der Waals surface area contributed by atoms with Gasteiger partial charge in [0.05, 0.1) is 42.4 Å². The molecule has 2 aromatic carbocycles. The molecule has 0 bridgehead atoms. The number of benzene rings is 2. The number of rotatable bonds is 7. The molecule has 2 saturated heterocycles. The Bertz CT molecular complexity index is 1870. The summed E-state index contributed by atoms with van der Waals surface area (Å²) in [5, 5.41) is 2.60. The quantitative estimate of drug-likeness (QED) is 0.213. The predicted molar refractivity (Wildman–Crippen MR) is 171 cm³/mol. The number of halogens is 3. The van der Waals surface area contributed by atoms with Crippen molar-refractivity contribution in [3.63, 3.8) is 0 Å². The number of aromatic nitrogens is 3. The van der Waals surface area contributed by atoms with Gasteiger partial charge in [0, 0.05) is 54.4 Å². The van der Waals surface area contributed by atoms with Gasteiger partial charge in [-0.05, 0) is 61.4 Å². The molecule has 11 heteroatoms. The van der Waals surface area contributed by atoms with E-state index in [1.807, 2.05) is 47.2 Å². The lowest BCUT2D eigenvalue weighted by Crippen LogP contribution is -2.56. The Labute approximate surface area is 263 Å². The minimum absolute atomic E-state index is 0.0135. The maximum absolute atomic E-state index is 16.3. The van der Waals surface area contributed by atoms with Crippen LogP contribution in [0.25, 0.3) is 38.7 Å². The van der Waals surface area contributed by atoms with E-state index in [4.69, 9.17) is 9.97 Å². The number of hydrogen-bond acceptors (Lipinski definition) is 6. The Morgan fingerprint density at radius 3 is 2.40 bits per heavy atom. The Morgan fingerprint density at radius 1 is 0.956 bits per heavy atom. The summed E-state index contributed by atoms with van der Waals surface area (Å²) in [6.45, 7) is 7.45. The van der Waals surface area contributed by atoms with E-state index in [2.05, 4.69) is 9.80 Å². The van der Waals surface area contributed by atoms with Gasteiger partial charge in [-0.3, -0.25) is 14.1 Å². The second-order valence-electron chi connectivity index (χ2n) is 11.7. The van der Waals surface area contributed by atoms with E-state index in [0.29, 0.717) is 29.1 Å². The minimum atomic E-state index is -0.891. The topological polar surface area (TPSA) is 57.0 Å². The molecular weight excluding hydrogens is 597 g/mol. The number of likely N-dealkylation sites (tertiary alicyclic amines) is 1. The van der Waals surface area contributed by atoms with Crippen molar-refractivity contribution in [3.8, 4) is 33.1 Å². The lowest BCUT2D eigenvalue weighted by Gasteiger charge is -2.39. The smallest absolute Gasteiger partial charge is 0.236 e. The second-order valence-corrected chi connectivity index (χ2v) is 12.5. The molecule has 2 fully saturated rings. The molecule has 7 nitrogen and oxygen atoms in total. The van der Waals surface area contributed by atoms with Crippen LogP contribution in [0.5, 0.6) is 0 Å². The zero-order chi connectivity index (χ0) is 31.2. The maximum atomic E-state index is 16.3. The van der Waals surface area contributed by atoms with E-state index in [0.717, 1.165) is 65.7 Å². The van der Waals surface area contributed by atoms with Gasteiger partial charge in [0.25, 0.3) is 0 Å². The van der Waals surface area contributed by atoms with Crippen LogP contribution in [0.2, 0.25) is 0 Å². The summed E-state index contributed by atoms with van der Waals surface area (Å²) in [5.41, 5.74) is 6.54. The van der Waals surface area contributed by atoms with Crippen LogP contribution in [0.15, 0.2) is 60.1 Å². The monoisotopic (exact) mass is 630 g/mol. The molecule has 0 N–H and O–H groups in total. The highest BCUT2D eigenvalue weighted by Gasteiger charge is 2.31. The summed E-state index contributed by atoms with van der Waals surface area (Å²) in [7, 11) is 0. The number of pyridine rings is 1. The highest BCUT2D eigenvalue weighted by Crippen LogP contribution is 2.37. The first kappa shape index (κ1) is 29.5. The summed E-state index contributed by atoms with van der Waals surface area (Å²) < 4.78 is 44.8. The number of carbonyl (C=O) groups is 1. The summed E-state index contributed by atoms with van der Waals surface area (Å²) in [5.74, 6) is -0.630. The van der Waals surface area contributed by atoms with Crippen molar-refractivity contribution in [1.82, 2.24) is 24.2 Å². The number of nitrogens with zero attached hydrogens (tertiary/aromatic N) is 6. The number of hydrogen-bond donors (Lipinski definition) is 0. The third-order valence-electron chi connectivity index (χ3n) is 8.81. The predicted octanol–water partition coefficient (Wildman–Crippen LogP) is 6.24. The lowest BCUT2D eigenvalue weighted by molar-refractivity contribution is -0.139. The Hall–Kier alpha value is -4.22. The second kappa shape index (κ2) is 11.9. The van der Waals surface area contributed by atoms with Gasteiger partial charge in [0.1, 0.15) is 28.5 Å². The molecule has 0 unspecified atom stereocenters. The average molecular weight is 631 g/mol. The van der Waals surface area contributed by atoms with E-state index >= 15 is 4.39 Å². The molecule has 1 amide bonds.